The maximum absolute atomic E-state index is 14.6. The molecule has 3 heterocycles. The molecule has 9 nitrogen and oxygen atoms in total. The summed E-state index contributed by atoms with van der Waals surface area (Å²) in [5.74, 6) is -0.332. The number of carboxylic acid groups (broad SMARTS) is 1. The first-order valence-electron chi connectivity index (χ1n) is 15.6. The van der Waals surface area contributed by atoms with E-state index in [1.165, 1.54) is 36.9 Å². The number of likely N-dealkylation sites (N-methyl/N-ethyl adjacent to an activating group) is 1. The zero-order valence-corrected chi connectivity index (χ0v) is 28.5. The van der Waals surface area contributed by atoms with Crippen LogP contribution in [-0.4, -0.2) is 90.4 Å². The largest absolute Gasteiger partial charge is 0.496 e. The number of aliphatic carboxylic acids is 1. The van der Waals surface area contributed by atoms with Crippen LogP contribution < -0.4 is 14.2 Å². The number of thiophene rings is 1. The molecule has 0 bridgehead atoms. The second kappa shape index (κ2) is 14.9. The first-order chi connectivity index (χ1) is 23.2. The zero-order valence-electron chi connectivity index (χ0n) is 26.9. The summed E-state index contributed by atoms with van der Waals surface area (Å²) in [4.78, 5) is 27.4. The Balaban J connectivity index is 1.40. The number of hydrogen-bond donors (Lipinski definition) is 1. The molecule has 12 heteroatoms. The number of methoxy groups -OCH3 is 1. The lowest BCUT2D eigenvalue weighted by molar-refractivity contribution is -0.145. The smallest absolute Gasteiger partial charge is 0.345 e. The molecule has 1 fully saturated rings. The lowest BCUT2D eigenvalue weighted by atomic mass is 9.96. The third-order valence-corrected chi connectivity index (χ3v) is 10.2. The molecule has 0 aliphatic carbocycles. The van der Waals surface area contributed by atoms with E-state index in [1.54, 1.807) is 18.2 Å². The van der Waals surface area contributed by atoms with E-state index in [-0.39, 0.29) is 18.1 Å². The van der Waals surface area contributed by atoms with Gasteiger partial charge in [0.2, 0.25) is 12.0 Å². The highest BCUT2D eigenvalue weighted by Gasteiger charge is 2.28. The minimum atomic E-state index is -1.29. The first-order valence-corrected chi connectivity index (χ1v) is 16.8. The highest BCUT2D eigenvalue weighted by atomic mass is 35.5. The van der Waals surface area contributed by atoms with Crippen molar-refractivity contribution < 1.29 is 28.5 Å². The van der Waals surface area contributed by atoms with Gasteiger partial charge in [0.05, 0.1) is 17.5 Å². The Morgan fingerprint density at radius 3 is 2.60 bits per heavy atom. The lowest BCUT2D eigenvalue weighted by Gasteiger charge is -2.32. The van der Waals surface area contributed by atoms with Gasteiger partial charge in [0.15, 0.2) is 0 Å². The van der Waals surface area contributed by atoms with Gasteiger partial charge in [-0.15, -0.1) is 11.3 Å². The predicted molar refractivity (Wildman–Crippen MR) is 186 cm³/mol. The van der Waals surface area contributed by atoms with Crippen molar-refractivity contribution in [1.82, 2.24) is 19.8 Å². The van der Waals surface area contributed by atoms with Crippen LogP contribution in [0.2, 0.25) is 5.02 Å². The number of carbonyl (C=O) groups is 1. The summed E-state index contributed by atoms with van der Waals surface area (Å²) < 4.78 is 32.4. The number of aromatic nitrogens is 2. The van der Waals surface area contributed by atoms with Crippen molar-refractivity contribution in [2.75, 3.05) is 53.5 Å². The Morgan fingerprint density at radius 1 is 1.06 bits per heavy atom. The van der Waals surface area contributed by atoms with E-state index >= 15 is 0 Å². The van der Waals surface area contributed by atoms with E-state index in [9.17, 15) is 14.3 Å². The van der Waals surface area contributed by atoms with Crippen LogP contribution >= 0.6 is 22.9 Å². The quantitative estimate of drug-likeness (QED) is 0.151. The average Bonchev–Trinajstić information content (AvgIpc) is 3.48. The normalized spacial score (nSPS) is 14.6. The molecule has 0 saturated carbocycles. The Kier molecular flexibility index (Phi) is 10.4. The fraction of sp³-hybridized carbons (Fsp3) is 0.306. The molecule has 1 saturated heterocycles. The number of carboxylic acids is 1. The highest BCUT2D eigenvalue weighted by molar-refractivity contribution is 7.22. The van der Waals surface area contributed by atoms with Crippen LogP contribution in [0.3, 0.4) is 0 Å². The standard InChI is InChI=1S/C36H36ClFN4O5S/c1-22-26(11-12-28(32(22)37)46-18-17-42-15-13-41(2)14-16-42)30-31-34(47-29(36(43)44)20-23-7-4-5-10-27(23)45-3)39-21-40-35(31)48-33(30)24-8-6-9-25(38)19-24/h4-12,19,21,29H,13-18,20H2,1-3H3,(H,43,44)/t29-/m1/s1. The Morgan fingerprint density at radius 2 is 1.85 bits per heavy atom. The second-order valence-corrected chi connectivity index (χ2v) is 13.1. The maximum Gasteiger partial charge on any atom is 0.345 e. The predicted octanol–water partition coefficient (Wildman–Crippen LogP) is 6.84. The number of halogens is 2. The first kappa shape index (κ1) is 33.6. The van der Waals surface area contributed by atoms with E-state index in [2.05, 4.69) is 26.8 Å². The molecule has 1 aliphatic heterocycles. The van der Waals surface area contributed by atoms with Crippen molar-refractivity contribution in [3.05, 3.63) is 89.0 Å². The van der Waals surface area contributed by atoms with Gasteiger partial charge in [0, 0.05) is 49.6 Å². The molecule has 0 amide bonds. The summed E-state index contributed by atoms with van der Waals surface area (Å²) in [5.41, 5.74) is 3.46. The number of piperazine rings is 1. The molecule has 0 radical (unpaired) electrons. The zero-order chi connectivity index (χ0) is 33.8. The van der Waals surface area contributed by atoms with Crippen molar-refractivity contribution in [1.29, 1.82) is 0 Å². The highest BCUT2D eigenvalue weighted by Crippen LogP contribution is 2.49. The summed E-state index contributed by atoms with van der Waals surface area (Å²) in [6, 6.07) is 17.2. The molecule has 1 aliphatic rings. The van der Waals surface area contributed by atoms with Crippen molar-refractivity contribution in [2.24, 2.45) is 0 Å². The Labute approximate surface area is 287 Å². The van der Waals surface area contributed by atoms with Crippen LogP contribution in [0.15, 0.2) is 67.0 Å². The summed E-state index contributed by atoms with van der Waals surface area (Å²) in [7, 11) is 3.66. The molecular weight excluding hydrogens is 655 g/mol. The summed E-state index contributed by atoms with van der Waals surface area (Å²) >= 11 is 8.30. The van der Waals surface area contributed by atoms with Crippen LogP contribution in [0.5, 0.6) is 17.4 Å². The Bertz CT molecular complexity index is 1930. The molecular formula is C36H36ClFN4O5S. The number of benzene rings is 3. The molecule has 2 aromatic heterocycles. The van der Waals surface area contributed by atoms with Crippen LogP contribution in [0.1, 0.15) is 11.1 Å². The van der Waals surface area contributed by atoms with Gasteiger partial charge in [0.1, 0.15) is 35.1 Å². The van der Waals surface area contributed by atoms with Crippen LogP contribution in [0, 0.1) is 12.7 Å². The van der Waals surface area contributed by atoms with Gasteiger partial charge in [-0.2, -0.15) is 0 Å². The average molecular weight is 691 g/mol. The van der Waals surface area contributed by atoms with Gasteiger partial charge < -0.3 is 24.2 Å². The van der Waals surface area contributed by atoms with Crippen molar-refractivity contribution >= 4 is 39.1 Å². The number of fused-ring (bicyclic) bond motifs is 1. The van der Waals surface area contributed by atoms with Gasteiger partial charge in [-0.05, 0) is 60.5 Å². The third-order valence-electron chi connectivity index (χ3n) is 8.55. The lowest BCUT2D eigenvalue weighted by Crippen LogP contribution is -2.45. The Hall–Kier alpha value is -4.29. The number of hydrogen-bond acceptors (Lipinski definition) is 9. The van der Waals surface area contributed by atoms with Gasteiger partial charge in [-0.1, -0.05) is 48.0 Å². The fourth-order valence-corrected chi connectivity index (χ4v) is 7.23. The molecule has 3 aromatic carbocycles. The van der Waals surface area contributed by atoms with Gasteiger partial charge in [-0.25, -0.2) is 19.2 Å². The summed E-state index contributed by atoms with van der Waals surface area (Å²) in [6.07, 6.45) is 0.0870. The summed E-state index contributed by atoms with van der Waals surface area (Å²) in [5, 5.41) is 11.2. The topological polar surface area (TPSA) is 97.3 Å². The van der Waals surface area contributed by atoms with E-state index in [4.69, 9.17) is 25.8 Å². The fourth-order valence-electron chi connectivity index (χ4n) is 5.87. The number of ether oxygens (including phenoxy) is 3. The third kappa shape index (κ3) is 7.24. The minimum Gasteiger partial charge on any atom is -0.496 e. The van der Waals surface area contributed by atoms with Crippen LogP contribution in [0.25, 0.3) is 31.8 Å². The molecule has 1 N–H and O–H groups in total. The molecule has 1 atom stereocenters. The van der Waals surface area contributed by atoms with E-state index in [0.29, 0.717) is 54.9 Å². The van der Waals surface area contributed by atoms with Crippen molar-refractivity contribution in [3.63, 3.8) is 0 Å². The van der Waals surface area contributed by atoms with E-state index in [1.807, 2.05) is 37.3 Å². The molecule has 0 spiro atoms. The van der Waals surface area contributed by atoms with Crippen molar-refractivity contribution in [2.45, 2.75) is 19.4 Å². The van der Waals surface area contributed by atoms with Crippen LogP contribution in [0.4, 0.5) is 4.39 Å². The molecule has 250 valence electrons. The monoisotopic (exact) mass is 690 g/mol. The summed E-state index contributed by atoms with van der Waals surface area (Å²) in [6.45, 7) is 7.23. The minimum absolute atomic E-state index is 0.0338. The van der Waals surface area contributed by atoms with E-state index < -0.39 is 12.1 Å². The molecule has 0 unspecified atom stereocenters. The van der Waals surface area contributed by atoms with Gasteiger partial charge >= 0.3 is 5.97 Å². The molecule has 6 rings (SSSR count). The number of nitrogens with zero attached hydrogens (tertiary/aromatic N) is 4. The van der Waals surface area contributed by atoms with Gasteiger partial charge in [-0.3, -0.25) is 4.90 Å². The molecule has 48 heavy (non-hydrogen) atoms. The van der Waals surface area contributed by atoms with E-state index in [0.717, 1.165) is 43.9 Å². The van der Waals surface area contributed by atoms with Crippen molar-refractivity contribution in [3.8, 4) is 38.9 Å². The SMILES string of the molecule is COc1ccccc1C[C@@H](Oc1ncnc2sc(-c3cccc(F)c3)c(-c3ccc(OCCN4CCN(C)CC4)c(Cl)c3C)c12)C(=O)O. The van der Waals surface area contributed by atoms with Crippen LogP contribution in [-0.2, 0) is 11.2 Å². The second-order valence-electron chi connectivity index (χ2n) is 11.7. The molecule has 5 aromatic rings. The van der Waals surface area contributed by atoms with Gasteiger partial charge in [0.25, 0.3) is 0 Å². The maximum atomic E-state index is 14.6. The number of para-hydroxylation sites is 1. The number of rotatable bonds is 12.